The highest BCUT2D eigenvalue weighted by molar-refractivity contribution is 7.92. The number of para-hydroxylation sites is 1. The number of halogens is 1. The Labute approximate surface area is 191 Å². The van der Waals surface area contributed by atoms with Crippen LogP contribution in [-0.4, -0.2) is 26.8 Å². The number of sulfonamides is 1. The van der Waals surface area contributed by atoms with Crippen LogP contribution in [0.4, 0.5) is 11.4 Å². The van der Waals surface area contributed by atoms with Gasteiger partial charge in [-0.1, -0.05) is 35.9 Å². The summed E-state index contributed by atoms with van der Waals surface area (Å²) >= 11 is 6.00. The minimum atomic E-state index is -3.88. The summed E-state index contributed by atoms with van der Waals surface area (Å²) in [5.74, 6) is -0.862. The summed E-state index contributed by atoms with van der Waals surface area (Å²) in [7, 11) is -3.88. The molecular formula is C23H22ClN3O4S. The lowest BCUT2D eigenvalue weighted by molar-refractivity contribution is -0.115. The molecule has 9 heteroatoms. The quantitative estimate of drug-likeness (QED) is 0.482. The van der Waals surface area contributed by atoms with Crippen LogP contribution in [0.25, 0.3) is 0 Å². The Balaban J connectivity index is 1.60. The molecule has 0 spiro atoms. The number of amides is 2. The summed E-state index contributed by atoms with van der Waals surface area (Å²) in [4.78, 5) is 24.5. The van der Waals surface area contributed by atoms with Crippen LogP contribution in [0.1, 0.15) is 21.5 Å². The second-order valence-corrected chi connectivity index (χ2v) is 9.18. The number of benzene rings is 3. The third kappa shape index (κ3) is 5.66. The lowest BCUT2D eigenvalue weighted by atomic mass is 10.1. The van der Waals surface area contributed by atoms with Crippen molar-refractivity contribution in [2.24, 2.45) is 0 Å². The number of nitrogens with one attached hydrogen (secondary N) is 3. The Kier molecular flexibility index (Phi) is 7.17. The van der Waals surface area contributed by atoms with Crippen molar-refractivity contribution in [3.63, 3.8) is 0 Å². The minimum Gasteiger partial charge on any atom is -0.343 e. The Morgan fingerprint density at radius 3 is 2.22 bits per heavy atom. The second kappa shape index (κ2) is 9.84. The predicted molar refractivity (Wildman–Crippen MR) is 126 cm³/mol. The van der Waals surface area contributed by atoms with E-state index in [0.29, 0.717) is 5.69 Å². The Morgan fingerprint density at radius 2 is 1.53 bits per heavy atom. The van der Waals surface area contributed by atoms with Crippen LogP contribution in [0.15, 0.2) is 71.6 Å². The van der Waals surface area contributed by atoms with E-state index in [0.717, 1.165) is 11.1 Å². The van der Waals surface area contributed by atoms with Crippen molar-refractivity contribution in [3.05, 3.63) is 88.4 Å². The normalized spacial score (nSPS) is 11.0. The molecule has 0 aliphatic carbocycles. The lowest BCUT2D eigenvalue weighted by Crippen LogP contribution is -2.33. The zero-order valence-corrected chi connectivity index (χ0v) is 19.0. The molecule has 0 atom stereocenters. The first-order valence-electron chi connectivity index (χ1n) is 9.69. The van der Waals surface area contributed by atoms with E-state index in [2.05, 4.69) is 15.4 Å². The van der Waals surface area contributed by atoms with Gasteiger partial charge in [-0.15, -0.1) is 0 Å². The van der Waals surface area contributed by atoms with Crippen molar-refractivity contribution in [1.82, 2.24) is 5.32 Å². The van der Waals surface area contributed by atoms with E-state index in [1.807, 2.05) is 26.0 Å². The van der Waals surface area contributed by atoms with Crippen LogP contribution in [-0.2, 0) is 14.8 Å². The number of aryl methyl sites for hydroxylation is 1. The molecule has 166 valence electrons. The van der Waals surface area contributed by atoms with Crippen LogP contribution < -0.4 is 15.4 Å². The van der Waals surface area contributed by atoms with E-state index in [4.69, 9.17) is 11.6 Å². The van der Waals surface area contributed by atoms with Gasteiger partial charge in [-0.3, -0.25) is 14.3 Å². The number of anilines is 2. The summed E-state index contributed by atoms with van der Waals surface area (Å²) < 4.78 is 27.5. The summed E-state index contributed by atoms with van der Waals surface area (Å²) in [6.45, 7) is 3.63. The van der Waals surface area contributed by atoms with Gasteiger partial charge < -0.3 is 10.6 Å². The molecule has 0 saturated heterocycles. The number of rotatable bonds is 7. The fourth-order valence-electron chi connectivity index (χ4n) is 2.88. The first kappa shape index (κ1) is 23.3. The fourth-order valence-corrected chi connectivity index (χ4v) is 4.20. The van der Waals surface area contributed by atoms with Crippen LogP contribution in [0.5, 0.6) is 0 Å². The maximum absolute atomic E-state index is 12.6. The molecule has 2 amide bonds. The topological polar surface area (TPSA) is 104 Å². The van der Waals surface area contributed by atoms with Crippen molar-refractivity contribution < 1.29 is 18.0 Å². The number of hydrogen-bond donors (Lipinski definition) is 3. The maximum Gasteiger partial charge on any atom is 0.261 e. The highest BCUT2D eigenvalue weighted by Crippen LogP contribution is 2.24. The molecule has 0 heterocycles. The molecule has 0 aromatic heterocycles. The van der Waals surface area contributed by atoms with Gasteiger partial charge in [-0.25, -0.2) is 8.42 Å². The molecule has 0 unspecified atom stereocenters. The van der Waals surface area contributed by atoms with E-state index in [1.54, 1.807) is 30.3 Å². The molecule has 3 aromatic carbocycles. The van der Waals surface area contributed by atoms with Crippen LogP contribution >= 0.6 is 11.6 Å². The molecule has 0 aliphatic heterocycles. The third-order valence-corrected chi connectivity index (χ3v) is 6.54. The standard InChI is InChI=1S/C23H22ClN3O4S/c1-15-6-5-9-20(16(15)2)26-22(28)14-25-23(29)17-10-12-18(13-11-17)32(30,31)27-21-8-4-3-7-19(21)24/h3-13,27H,14H2,1-2H3,(H,25,29)(H,26,28). The molecule has 0 radical (unpaired) electrons. The monoisotopic (exact) mass is 471 g/mol. The van der Waals surface area contributed by atoms with Gasteiger partial charge in [0.05, 0.1) is 22.2 Å². The molecule has 0 bridgehead atoms. The van der Waals surface area contributed by atoms with Crippen molar-refractivity contribution in [1.29, 1.82) is 0 Å². The summed E-state index contributed by atoms with van der Waals surface area (Å²) in [5.41, 5.74) is 3.16. The fraction of sp³-hybridized carbons (Fsp3) is 0.130. The van der Waals surface area contributed by atoms with Gasteiger partial charge in [0.25, 0.3) is 15.9 Å². The first-order chi connectivity index (χ1) is 15.2. The minimum absolute atomic E-state index is 0.0263. The molecule has 3 rings (SSSR count). The van der Waals surface area contributed by atoms with Crippen molar-refractivity contribution >= 4 is 44.8 Å². The summed E-state index contributed by atoms with van der Waals surface area (Å²) in [5, 5.41) is 5.56. The number of carbonyl (C=O) groups excluding carboxylic acids is 2. The van der Waals surface area contributed by atoms with E-state index in [-0.39, 0.29) is 33.6 Å². The molecule has 0 saturated carbocycles. The van der Waals surface area contributed by atoms with Crippen LogP contribution in [0.3, 0.4) is 0 Å². The zero-order valence-electron chi connectivity index (χ0n) is 17.5. The van der Waals surface area contributed by atoms with Gasteiger partial charge in [0.1, 0.15) is 0 Å². The van der Waals surface area contributed by atoms with Gasteiger partial charge in [-0.05, 0) is 67.4 Å². The van der Waals surface area contributed by atoms with Crippen molar-refractivity contribution in [2.45, 2.75) is 18.7 Å². The van der Waals surface area contributed by atoms with E-state index < -0.39 is 15.9 Å². The lowest BCUT2D eigenvalue weighted by Gasteiger charge is -2.11. The van der Waals surface area contributed by atoms with Crippen LogP contribution in [0.2, 0.25) is 5.02 Å². The largest absolute Gasteiger partial charge is 0.343 e. The van der Waals surface area contributed by atoms with Gasteiger partial charge in [0.2, 0.25) is 5.91 Å². The highest BCUT2D eigenvalue weighted by atomic mass is 35.5. The van der Waals surface area contributed by atoms with Gasteiger partial charge in [0, 0.05) is 11.3 Å². The predicted octanol–water partition coefficient (Wildman–Crippen LogP) is 4.13. The van der Waals surface area contributed by atoms with Crippen molar-refractivity contribution in [3.8, 4) is 0 Å². The molecule has 0 fully saturated rings. The van der Waals surface area contributed by atoms with Gasteiger partial charge >= 0.3 is 0 Å². The Morgan fingerprint density at radius 1 is 0.875 bits per heavy atom. The molecular weight excluding hydrogens is 450 g/mol. The smallest absolute Gasteiger partial charge is 0.261 e. The van der Waals surface area contributed by atoms with E-state index in [9.17, 15) is 18.0 Å². The Hall–Kier alpha value is -3.36. The zero-order chi connectivity index (χ0) is 23.3. The number of carbonyl (C=O) groups is 2. The van der Waals surface area contributed by atoms with Gasteiger partial charge in [-0.2, -0.15) is 0 Å². The molecule has 32 heavy (non-hydrogen) atoms. The van der Waals surface area contributed by atoms with Crippen molar-refractivity contribution in [2.75, 3.05) is 16.6 Å². The first-order valence-corrected chi connectivity index (χ1v) is 11.5. The van der Waals surface area contributed by atoms with E-state index >= 15 is 0 Å². The average Bonchev–Trinajstić information content (AvgIpc) is 2.77. The Bertz CT molecular complexity index is 1260. The summed E-state index contributed by atoms with van der Waals surface area (Å²) in [6, 6.07) is 17.4. The van der Waals surface area contributed by atoms with E-state index in [1.165, 1.54) is 24.3 Å². The SMILES string of the molecule is Cc1cccc(NC(=O)CNC(=O)c2ccc(S(=O)(=O)Nc3ccccc3Cl)cc2)c1C. The van der Waals surface area contributed by atoms with Crippen LogP contribution in [0, 0.1) is 13.8 Å². The molecule has 3 aromatic rings. The maximum atomic E-state index is 12.6. The summed E-state index contributed by atoms with van der Waals surface area (Å²) in [6.07, 6.45) is 0. The number of hydrogen-bond acceptors (Lipinski definition) is 4. The molecule has 7 nitrogen and oxygen atoms in total. The van der Waals surface area contributed by atoms with Gasteiger partial charge in [0.15, 0.2) is 0 Å². The molecule has 0 aliphatic rings. The highest BCUT2D eigenvalue weighted by Gasteiger charge is 2.17. The third-order valence-electron chi connectivity index (χ3n) is 4.83. The molecule has 3 N–H and O–H groups in total. The second-order valence-electron chi connectivity index (χ2n) is 7.09. The average molecular weight is 472 g/mol.